The van der Waals surface area contributed by atoms with E-state index in [0.717, 1.165) is 0 Å². The number of esters is 1. The third-order valence-electron chi connectivity index (χ3n) is 1.85. The Kier molecular flexibility index (Phi) is 5.37. The molecule has 0 heterocycles. The van der Waals surface area contributed by atoms with Crippen LogP contribution in [-0.4, -0.2) is 31.7 Å². The number of carbonyl (C=O) groups excluding carboxylic acids is 1. The molecule has 0 saturated carbocycles. The molecule has 0 aliphatic rings. The Balaban J connectivity index is 3.25. The van der Waals surface area contributed by atoms with Crippen LogP contribution in [0.2, 0.25) is 10.0 Å². The van der Waals surface area contributed by atoms with Crippen LogP contribution in [0.4, 0.5) is 5.69 Å². The van der Waals surface area contributed by atoms with Gasteiger partial charge in [-0.15, -0.1) is 5.11 Å². The number of ether oxygens (including phenoxy) is 1. The number of benzene rings is 1. The fraction of sp³-hybridized carbons (Fsp3) is 0.364. The maximum atomic E-state index is 11.8. The van der Waals surface area contributed by atoms with E-state index in [-0.39, 0.29) is 22.9 Å². The summed E-state index contributed by atoms with van der Waals surface area (Å²) < 4.78 is 4.91. The van der Waals surface area contributed by atoms with E-state index >= 15 is 0 Å². The van der Waals surface area contributed by atoms with Crippen LogP contribution in [0.25, 0.3) is 0 Å². The molecule has 0 atom stereocenters. The summed E-state index contributed by atoms with van der Waals surface area (Å²) in [6, 6.07) is 2.95. The highest BCUT2D eigenvalue weighted by molar-refractivity contribution is 6.37. The van der Waals surface area contributed by atoms with E-state index in [1.54, 1.807) is 21.0 Å². The molecule has 0 aliphatic carbocycles. The average Bonchev–Trinajstić information content (AvgIpc) is 2.26. The summed E-state index contributed by atoms with van der Waals surface area (Å²) in [6.45, 7) is 1.97. The number of nitrogens with zero attached hydrogens (tertiary/aromatic N) is 3. The Hall–Kier alpha value is -1.33. The van der Waals surface area contributed by atoms with Gasteiger partial charge in [0.15, 0.2) is 0 Å². The van der Waals surface area contributed by atoms with Crippen molar-refractivity contribution in [3.05, 3.63) is 27.7 Å². The molecular weight excluding hydrogens is 277 g/mol. The van der Waals surface area contributed by atoms with Gasteiger partial charge in [-0.3, -0.25) is 5.01 Å². The molecular formula is C11H13Cl2N3O2. The second-order valence-electron chi connectivity index (χ2n) is 3.54. The van der Waals surface area contributed by atoms with Crippen LogP contribution in [0, 0.1) is 0 Å². The van der Waals surface area contributed by atoms with E-state index < -0.39 is 5.97 Å². The lowest BCUT2D eigenvalue weighted by molar-refractivity contribution is 0.0527. The monoisotopic (exact) mass is 289 g/mol. The Morgan fingerprint density at radius 1 is 1.39 bits per heavy atom. The molecule has 0 spiro atoms. The van der Waals surface area contributed by atoms with Crippen molar-refractivity contribution in [3.63, 3.8) is 0 Å². The van der Waals surface area contributed by atoms with E-state index in [1.807, 2.05) is 0 Å². The maximum Gasteiger partial charge on any atom is 0.340 e. The van der Waals surface area contributed by atoms with Crippen molar-refractivity contribution in [3.8, 4) is 0 Å². The van der Waals surface area contributed by atoms with E-state index in [4.69, 9.17) is 27.9 Å². The fourth-order valence-electron chi connectivity index (χ4n) is 1.17. The maximum absolute atomic E-state index is 11.8. The molecule has 5 nitrogen and oxygen atoms in total. The van der Waals surface area contributed by atoms with Gasteiger partial charge >= 0.3 is 5.97 Å². The molecule has 0 radical (unpaired) electrons. The molecule has 0 saturated heterocycles. The lowest BCUT2D eigenvalue weighted by Crippen LogP contribution is -2.05. The van der Waals surface area contributed by atoms with Crippen LogP contribution in [0.15, 0.2) is 22.5 Å². The van der Waals surface area contributed by atoms with Gasteiger partial charge in [-0.1, -0.05) is 28.4 Å². The van der Waals surface area contributed by atoms with E-state index in [0.29, 0.717) is 5.02 Å². The lowest BCUT2D eigenvalue weighted by Gasteiger charge is -2.08. The van der Waals surface area contributed by atoms with Crippen LogP contribution in [0.5, 0.6) is 0 Å². The van der Waals surface area contributed by atoms with Crippen molar-refractivity contribution >= 4 is 34.9 Å². The van der Waals surface area contributed by atoms with Gasteiger partial charge in [-0.05, 0) is 19.1 Å². The van der Waals surface area contributed by atoms with E-state index in [1.165, 1.54) is 17.1 Å². The van der Waals surface area contributed by atoms with Gasteiger partial charge in [-0.2, -0.15) is 0 Å². The average molecular weight is 290 g/mol. The molecule has 98 valence electrons. The topological polar surface area (TPSA) is 54.3 Å². The summed E-state index contributed by atoms with van der Waals surface area (Å²) in [5, 5.41) is 9.79. The fourth-order valence-corrected chi connectivity index (χ4v) is 1.70. The highest BCUT2D eigenvalue weighted by Crippen LogP contribution is 2.33. The molecule has 18 heavy (non-hydrogen) atoms. The molecule has 1 aromatic carbocycles. The molecule has 0 unspecified atom stereocenters. The largest absolute Gasteiger partial charge is 0.462 e. The molecule has 0 fully saturated rings. The van der Waals surface area contributed by atoms with Crippen molar-refractivity contribution in [2.75, 3.05) is 20.7 Å². The quantitative estimate of drug-likeness (QED) is 0.482. The number of carbonyl (C=O) groups is 1. The second kappa shape index (κ2) is 6.56. The van der Waals surface area contributed by atoms with E-state index in [9.17, 15) is 4.79 Å². The van der Waals surface area contributed by atoms with Crippen LogP contribution >= 0.6 is 23.2 Å². The van der Waals surface area contributed by atoms with E-state index in [2.05, 4.69) is 10.3 Å². The smallest absolute Gasteiger partial charge is 0.340 e. The Bertz CT molecular complexity index is 476. The van der Waals surface area contributed by atoms with Crippen molar-refractivity contribution in [2.45, 2.75) is 6.92 Å². The van der Waals surface area contributed by atoms with Crippen molar-refractivity contribution in [1.29, 1.82) is 0 Å². The summed E-state index contributed by atoms with van der Waals surface area (Å²) in [6.07, 6.45) is 0. The predicted octanol–water partition coefficient (Wildman–Crippen LogP) is 3.73. The number of hydrogen-bond donors (Lipinski definition) is 0. The third kappa shape index (κ3) is 3.85. The minimum atomic E-state index is -0.533. The first kappa shape index (κ1) is 14.7. The van der Waals surface area contributed by atoms with Crippen LogP contribution in [0.1, 0.15) is 17.3 Å². The van der Waals surface area contributed by atoms with Crippen molar-refractivity contribution in [1.82, 2.24) is 5.01 Å². The Morgan fingerprint density at radius 3 is 2.61 bits per heavy atom. The molecule has 1 aromatic rings. The summed E-state index contributed by atoms with van der Waals surface area (Å²) in [5.41, 5.74) is 0.438. The standard InChI is InChI=1S/C11H13Cl2N3O2/c1-4-18-11(17)8-5-7(12)6-9(13)10(8)14-15-16(2)3/h5-6H,4H2,1-3H3. The predicted molar refractivity (Wildman–Crippen MR) is 70.6 cm³/mol. The molecule has 0 amide bonds. The van der Waals surface area contributed by atoms with Crippen molar-refractivity contribution < 1.29 is 9.53 Å². The molecule has 0 N–H and O–H groups in total. The number of rotatable bonds is 4. The summed E-state index contributed by atoms with van der Waals surface area (Å²) in [5.74, 6) is -0.533. The van der Waals surface area contributed by atoms with Gasteiger partial charge in [0.05, 0.1) is 17.2 Å². The minimum absolute atomic E-state index is 0.194. The highest BCUT2D eigenvalue weighted by Gasteiger charge is 2.17. The first-order valence-electron chi connectivity index (χ1n) is 5.20. The zero-order chi connectivity index (χ0) is 13.7. The summed E-state index contributed by atoms with van der Waals surface area (Å²) >= 11 is 11.9. The molecule has 1 rings (SSSR count). The first-order chi connectivity index (χ1) is 8.45. The van der Waals surface area contributed by atoms with Gasteiger partial charge in [-0.25, -0.2) is 4.79 Å². The molecule has 0 bridgehead atoms. The zero-order valence-electron chi connectivity index (χ0n) is 10.3. The minimum Gasteiger partial charge on any atom is -0.462 e. The highest BCUT2D eigenvalue weighted by atomic mass is 35.5. The first-order valence-corrected chi connectivity index (χ1v) is 5.96. The third-order valence-corrected chi connectivity index (χ3v) is 2.35. The zero-order valence-corrected chi connectivity index (χ0v) is 11.8. The molecule has 7 heteroatoms. The van der Waals surface area contributed by atoms with Crippen LogP contribution in [-0.2, 0) is 4.74 Å². The van der Waals surface area contributed by atoms with Gasteiger partial charge in [0.1, 0.15) is 5.69 Å². The second-order valence-corrected chi connectivity index (χ2v) is 4.38. The Labute approximate surface area is 115 Å². The number of halogens is 2. The molecule has 0 aliphatic heterocycles. The van der Waals surface area contributed by atoms with Crippen molar-refractivity contribution in [2.24, 2.45) is 10.3 Å². The van der Waals surface area contributed by atoms with Gasteiger partial charge in [0.25, 0.3) is 0 Å². The number of hydrogen-bond acceptors (Lipinski definition) is 4. The van der Waals surface area contributed by atoms with Gasteiger partial charge in [0, 0.05) is 19.1 Å². The van der Waals surface area contributed by atoms with Crippen LogP contribution in [0.3, 0.4) is 0 Å². The SMILES string of the molecule is CCOC(=O)c1cc(Cl)cc(Cl)c1N=NN(C)C. The lowest BCUT2D eigenvalue weighted by atomic mass is 10.2. The normalized spacial score (nSPS) is 10.7. The summed E-state index contributed by atoms with van der Waals surface area (Å²) in [7, 11) is 3.41. The van der Waals surface area contributed by atoms with Gasteiger partial charge in [0.2, 0.25) is 0 Å². The Morgan fingerprint density at radius 2 is 2.06 bits per heavy atom. The summed E-state index contributed by atoms with van der Waals surface area (Å²) in [4.78, 5) is 11.8. The van der Waals surface area contributed by atoms with Gasteiger partial charge < -0.3 is 4.74 Å². The molecule has 0 aromatic heterocycles. The van der Waals surface area contributed by atoms with Crippen LogP contribution < -0.4 is 0 Å².